The molecule has 0 fully saturated rings. The number of hydrogen-bond acceptors (Lipinski definition) is 5. The SMILES string of the molecule is Cc1c(N)nsc1NCCCc1ncc[nH]1. The van der Waals surface area contributed by atoms with Crippen molar-refractivity contribution in [3.8, 4) is 0 Å². The Hall–Kier alpha value is -1.56. The quantitative estimate of drug-likeness (QED) is 0.693. The lowest BCUT2D eigenvalue weighted by atomic mass is 10.3. The van der Waals surface area contributed by atoms with Crippen molar-refractivity contribution in [2.45, 2.75) is 19.8 Å². The second-order valence-electron chi connectivity index (χ2n) is 3.59. The summed E-state index contributed by atoms with van der Waals surface area (Å²) >= 11 is 1.41. The van der Waals surface area contributed by atoms with Gasteiger partial charge in [0, 0.05) is 30.9 Å². The van der Waals surface area contributed by atoms with Crippen molar-refractivity contribution in [3.05, 3.63) is 23.8 Å². The zero-order valence-corrected chi connectivity index (χ0v) is 9.97. The first kappa shape index (κ1) is 10.9. The number of rotatable bonds is 5. The highest BCUT2D eigenvalue weighted by atomic mass is 32.1. The Kier molecular flexibility index (Phi) is 3.40. The lowest BCUT2D eigenvalue weighted by Gasteiger charge is -2.03. The number of hydrogen-bond donors (Lipinski definition) is 3. The van der Waals surface area contributed by atoms with E-state index in [1.807, 2.05) is 13.1 Å². The number of nitrogen functional groups attached to an aromatic ring is 1. The van der Waals surface area contributed by atoms with E-state index in [4.69, 9.17) is 5.73 Å². The second kappa shape index (κ2) is 4.98. The fourth-order valence-electron chi connectivity index (χ4n) is 1.41. The topological polar surface area (TPSA) is 79.6 Å². The van der Waals surface area contributed by atoms with Gasteiger partial charge in [0.05, 0.1) is 0 Å². The molecule has 0 saturated carbocycles. The molecule has 16 heavy (non-hydrogen) atoms. The number of imidazole rings is 1. The van der Waals surface area contributed by atoms with Crippen LogP contribution in [0.5, 0.6) is 0 Å². The minimum absolute atomic E-state index is 0.624. The number of aryl methyl sites for hydroxylation is 1. The Bertz CT molecular complexity index is 434. The number of nitrogens with two attached hydrogens (primary N) is 1. The third-order valence-corrected chi connectivity index (χ3v) is 3.31. The van der Waals surface area contributed by atoms with E-state index in [2.05, 4.69) is 19.7 Å². The Morgan fingerprint density at radius 3 is 3.06 bits per heavy atom. The van der Waals surface area contributed by atoms with E-state index in [1.165, 1.54) is 11.5 Å². The molecule has 2 rings (SSSR count). The molecule has 5 nitrogen and oxygen atoms in total. The number of aromatic nitrogens is 3. The molecule has 0 aliphatic rings. The van der Waals surface area contributed by atoms with Gasteiger partial charge in [0.2, 0.25) is 0 Å². The van der Waals surface area contributed by atoms with Crippen LogP contribution in [0.2, 0.25) is 0 Å². The van der Waals surface area contributed by atoms with Gasteiger partial charge in [0.25, 0.3) is 0 Å². The molecule has 2 aromatic heterocycles. The summed E-state index contributed by atoms with van der Waals surface area (Å²) < 4.78 is 4.08. The number of nitrogens with one attached hydrogen (secondary N) is 2. The van der Waals surface area contributed by atoms with Crippen molar-refractivity contribution >= 4 is 22.4 Å². The molecule has 0 saturated heterocycles. The predicted octanol–water partition coefficient (Wildman–Crippen LogP) is 1.80. The summed E-state index contributed by atoms with van der Waals surface area (Å²) in [5.74, 6) is 1.65. The van der Waals surface area contributed by atoms with E-state index in [1.54, 1.807) is 6.20 Å². The standard InChI is InChI=1S/C10H15N5S/c1-7-9(11)15-16-10(7)14-4-2-3-8-12-5-6-13-8/h5-6,14H,2-4H2,1H3,(H2,11,15)(H,12,13). The fraction of sp³-hybridized carbons (Fsp3) is 0.400. The van der Waals surface area contributed by atoms with Gasteiger partial charge in [0.15, 0.2) is 0 Å². The van der Waals surface area contributed by atoms with Gasteiger partial charge in [-0.1, -0.05) is 0 Å². The van der Waals surface area contributed by atoms with E-state index in [-0.39, 0.29) is 0 Å². The van der Waals surface area contributed by atoms with Crippen LogP contribution in [-0.4, -0.2) is 20.9 Å². The van der Waals surface area contributed by atoms with Gasteiger partial charge >= 0.3 is 0 Å². The molecule has 0 amide bonds. The van der Waals surface area contributed by atoms with E-state index in [0.29, 0.717) is 5.82 Å². The molecule has 0 aromatic carbocycles. The van der Waals surface area contributed by atoms with Gasteiger partial charge in [-0.3, -0.25) is 0 Å². The van der Waals surface area contributed by atoms with Crippen LogP contribution in [0.3, 0.4) is 0 Å². The number of aromatic amines is 1. The van der Waals surface area contributed by atoms with Crippen LogP contribution in [0.4, 0.5) is 10.8 Å². The van der Waals surface area contributed by atoms with E-state index in [0.717, 1.165) is 35.8 Å². The molecule has 4 N–H and O–H groups in total. The van der Waals surface area contributed by atoms with Crippen LogP contribution < -0.4 is 11.1 Å². The molecular formula is C10H15N5S. The molecule has 2 heterocycles. The van der Waals surface area contributed by atoms with Gasteiger partial charge in [-0.25, -0.2) is 4.98 Å². The van der Waals surface area contributed by atoms with Gasteiger partial charge in [0.1, 0.15) is 16.6 Å². The van der Waals surface area contributed by atoms with Crippen molar-refractivity contribution in [2.75, 3.05) is 17.6 Å². The maximum Gasteiger partial charge on any atom is 0.142 e. The molecule has 0 radical (unpaired) electrons. The fourth-order valence-corrected chi connectivity index (χ4v) is 2.14. The summed E-state index contributed by atoms with van der Waals surface area (Å²) in [5.41, 5.74) is 6.71. The maximum atomic E-state index is 5.67. The number of anilines is 2. The summed E-state index contributed by atoms with van der Waals surface area (Å²) in [7, 11) is 0. The third kappa shape index (κ3) is 2.52. The largest absolute Gasteiger partial charge is 0.383 e. The molecule has 0 aliphatic heterocycles. The maximum absolute atomic E-state index is 5.67. The average molecular weight is 237 g/mol. The Morgan fingerprint density at radius 2 is 2.44 bits per heavy atom. The second-order valence-corrected chi connectivity index (χ2v) is 4.36. The van der Waals surface area contributed by atoms with Crippen LogP contribution in [0.15, 0.2) is 12.4 Å². The number of nitrogens with zero attached hydrogens (tertiary/aromatic N) is 2. The highest BCUT2D eigenvalue weighted by Crippen LogP contribution is 2.24. The van der Waals surface area contributed by atoms with E-state index in [9.17, 15) is 0 Å². The first-order valence-corrected chi connectivity index (χ1v) is 5.98. The Balaban J connectivity index is 1.74. The highest BCUT2D eigenvalue weighted by molar-refractivity contribution is 7.10. The Labute approximate surface area is 98.3 Å². The van der Waals surface area contributed by atoms with Gasteiger partial charge < -0.3 is 16.0 Å². The third-order valence-electron chi connectivity index (χ3n) is 2.39. The van der Waals surface area contributed by atoms with Crippen molar-refractivity contribution in [1.82, 2.24) is 14.3 Å². The molecule has 0 aliphatic carbocycles. The summed E-state index contributed by atoms with van der Waals surface area (Å²) in [4.78, 5) is 7.25. The lowest BCUT2D eigenvalue weighted by Crippen LogP contribution is -2.03. The van der Waals surface area contributed by atoms with Crippen LogP contribution >= 0.6 is 11.5 Å². The van der Waals surface area contributed by atoms with Crippen molar-refractivity contribution in [1.29, 1.82) is 0 Å². The minimum Gasteiger partial charge on any atom is -0.383 e. The summed E-state index contributed by atoms with van der Waals surface area (Å²) in [6.45, 7) is 2.89. The zero-order chi connectivity index (χ0) is 11.4. The molecule has 2 aromatic rings. The normalized spacial score (nSPS) is 10.6. The molecule has 6 heteroatoms. The zero-order valence-electron chi connectivity index (χ0n) is 9.16. The summed E-state index contributed by atoms with van der Waals surface area (Å²) in [5, 5.41) is 4.40. The Morgan fingerprint density at radius 1 is 1.56 bits per heavy atom. The molecule has 0 atom stereocenters. The summed E-state index contributed by atoms with van der Waals surface area (Å²) in [6, 6.07) is 0. The lowest BCUT2D eigenvalue weighted by molar-refractivity contribution is 0.817. The van der Waals surface area contributed by atoms with E-state index >= 15 is 0 Å². The van der Waals surface area contributed by atoms with Gasteiger partial charge in [-0.05, 0) is 24.9 Å². The van der Waals surface area contributed by atoms with Gasteiger partial charge in [-0.15, -0.1) is 0 Å². The summed E-state index contributed by atoms with van der Waals surface area (Å²) in [6.07, 6.45) is 5.60. The van der Waals surface area contributed by atoms with Crippen LogP contribution in [0, 0.1) is 6.92 Å². The predicted molar refractivity (Wildman–Crippen MR) is 66.7 cm³/mol. The van der Waals surface area contributed by atoms with Crippen molar-refractivity contribution in [2.24, 2.45) is 0 Å². The monoisotopic (exact) mass is 237 g/mol. The van der Waals surface area contributed by atoms with Crippen molar-refractivity contribution < 1.29 is 0 Å². The minimum atomic E-state index is 0.624. The van der Waals surface area contributed by atoms with Crippen LogP contribution in [0.25, 0.3) is 0 Å². The smallest absolute Gasteiger partial charge is 0.142 e. The van der Waals surface area contributed by atoms with E-state index < -0.39 is 0 Å². The van der Waals surface area contributed by atoms with Crippen molar-refractivity contribution in [3.63, 3.8) is 0 Å². The first-order chi connectivity index (χ1) is 7.77. The van der Waals surface area contributed by atoms with Crippen LogP contribution in [-0.2, 0) is 6.42 Å². The van der Waals surface area contributed by atoms with Gasteiger partial charge in [-0.2, -0.15) is 4.37 Å². The molecule has 0 bridgehead atoms. The number of H-pyrrole nitrogens is 1. The molecule has 0 unspecified atom stereocenters. The van der Waals surface area contributed by atoms with Crippen LogP contribution in [0.1, 0.15) is 17.8 Å². The molecular weight excluding hydrogens is 222 g/mol. The highest BCUT2D eigenvalue weighted by Gasteiger charge is 2.05. The molecule has 86 valence electrons. The molecule has 0 spiro atoms. The first-order valence-electron chi connectivity index (χ1n) is 5.21. The average Bonchev–Trinajstić information content (AvgIpc) is 2.88.